The van der Waals surface area contributed by atoms with Gasteiger partial charge in [-0.15, -0.1) is 0 Å². The Hall–Kier alpha value is 0.0674. The first kappa shape index (κ1) is 7.07. The van der Waals surface area contributed by atoms with Crippen molar-refractivity contribution in [3.8, 4) is 0 Å². The second kappa shape index (κ2) is 3.12. The molecule has 7 heavy (non-hydrogen) atoms. The van der Waals surface area contributed by atoms with Gasteiger partial charge in [-0.2, -0.15) is 0 Å². The summed E-state index contributed by atoms with van der Waals surface area (Å²) < 4.78 is -0.181. The van der Waals surface area contributed by atoms with Gasteiger partial charge in [0.15, 0.2) is 0 Å². The fourth-order valence-electron chi connectivity index (χ4n) is 0.175. The number of aliphatic carboxylic acids is 1. The molecule has 3 heteroatoms. The number of hydrogen-bond donors (Lipinski definition) is 1. The predicted octanol–water partition coefficient (Wildman–Crippen LogP) is 0.438. The molecule has 0 rings (SSSR count). The molecular weight excluding hydrogens is 87.0 g/mol. The summed E-state index contributed by atoms with van der Waals surface area (Å²) in [5.74, 6) is -0.706. The van der Waals surface area contributed by atoms with E-state index >= 15 is 0 Å². The Morgan fingerprint density at radius 2 is 2.43 bits per heavy atom. The van der Waals surface area contributed by atoms with E-state index in [0.717, 1.165) is 6.42 Å². The summed E-state index contributed by atoms with van der Waals surface area (Å²) in [5, 5.41) is 8.18. The van der Waals surface area contributed by atoms with Crippen LogP contribution in [0, 0.1) is 0 Å². The van der Waals surface area contributed by atoms with E-state index in [2.05, 4.69) is 0 Å². The van der Waals surface area contributed by atoms with Crippen LogP contribution < -0.4 is 0 Å². The third kappa shape index (κ3) is 2.73. The van der Waals surface area contributed by atoms with E-state index in [9.17, 15) is 4.79 Å². The Morgan fingerprint density at radius 3 is 2.43 bits per heavy atom. The molecule has 1 unspecified atom stereocenters. The molecule has 0 fully saturated rings. The summed E-state index contributed by atoms with van der Waals surface area (Å²) in [6, 6.07) is 0. The summed E-state index contributed by atoms with van der Waals surface area (Å²) in [4.78, 5) is 9.93. The standard InChI is InChI=1S/C4H7O2.Li/c1-2-3-4(5)6;/h3H,2H2,1H3,(H,5,6);. The number of carbonyl (C=O) groups is 1. The molecule has 0 aromatic rings. The summed E-state index contributed by atoms with van der Waals surface area (Å²) in [5.41, 5.74) is 0. The molecule has 36 valence electrons. The SMILES string of the molecule is [Li][CH](CC)C(=O)O. The van der Waals surface area contributed by atoms with Crippen LogP contribution in [0.5, 0.6) is 0 Å². The summed E-state index contributed by atoms with van der Waals surface area (Å²) in [6.45, 7) is 1.86. The number of carboxylic acids is 1. The van der Waals surface area contributed by atoms with Crippen molar-refractivity contribution < 1.29 is 9.90 Å². The van der Waals surface area contributed by atoms with E-state index in [0.29, 0.717) is 0 Å². The molecule has 0 saturated heterocycles. The van der Waals surface area contributed by atoms with Gasteiger partial charge in [0.2, 0.25) is 0 Å². The Morgan fingerprint density at radius 1 is 2.00 bits per heavy atom. The maximum absolute atomic E-state index is 9.93. The molecule has 0 aromatic carbocycles. The quantitative estimate of drug-likeness (QED) is 0.504. The number of hydrogen-bond acceptors (Lipinski definition) is 1. The van der Waals surface area contributed by atoms with Crippen molar-refractivity contribution in [1.82, 2.24) is 0 Å². The van der Waals surface area contributed by atoms with Crippen LogP contribution in [-0.2, 0) is 4.79 Å². The van der Waals surface area contributed by atoms with Crippen molar-refractivity contribution in [2.75, 3.05) is 0 Å². The molecular formula is C4H7LiO2. The average Bonchev–Trinajstić information content (AvgIpc) is 1.65. The number of rotatable bonds is 2. The van der Waals surface area contributed by atoms with Crippen molar-refractivity contribution in [2.45, 2.75) is 17.9 Å². The van der Waals surface area contributed by atoms with Crippen molar-refractivity contribution in [1.29, 1.82) is 0 Å². The van der Waals surface area contributed by atoms with E-state index in [1.807, 2.05) is 6.92 Å². The van der Waals surface area contributed by atoms with Gasteiger partial charge in [0.25, 0.3) is 0 Å². The van der Waals surface area contributed by atoms with Crippen LogP contribution in [0.4, 0.5) is 0 Å². The van der Waals surface area contributed by atoms with E-state index < -0.39 is 5.97 Å². The normalized spacial score (nSPS) is 13.6. The summed E-state index contributed by atoms with van der Waals surface area (Å²) in [6.07, 6.45) is 0.718. The topological polar surface area (TPSA) is 37.3 Å². The van der Waals surface area contributed by atoms with Gasteiger partial charge in [0.1, 0.15) is 0 Å². The molecule has 0 radical (unpaired) electrons. The molecule has 0 aliphatic heterocycles. The van der Waals surface area contributed by atoms with Crippen LogP contribution in [-0.4, -0.2) is 28.8 Å². The fraction of sp³-hybridized carbons (Fsp3) is 0.750. The van der Waals surface area contributed by atoms with Crippen LogP contribution in [0.2, 0.25) is 4.59 Å². The van der Waals surface area contributed by atoms with Crippen molar-refractivity contribution in [3.63, 3.8) is 0 Å². The Balaban J connectivity index is 3.34. The van der Waals surface area contributed by atoms with Gasteiger partial charge in [-0.25, -0.2) is 0 Å². The summed E-state index contributed by atoms with van der Waals surface area (Å²) >= 11 is 1.70. The van der Waals surface area contributed by atoms with E-state index in [4.69, 9.17) is 5.11 Å². The van der Waals surface area contributed by atoms with E-state index in [1.165, 1.54) is 0 Å². The van der Waals surface area contributed by atoms with Crippen LogP contribution in [0.1, 0.15) is 13.3 Å². The fourth-order valence-corrected chi connectivity index (χ4v) is 0.175. The van der Waals surface area contributed by atoms with Gasteiger partial charge in [-0.3, -0.25) is 0 Å². The first-order chi connectivity index (χ1) is 3.18. The van der Waals surface area contributed by atoms with Crippen LogP contribution in [0.25, 0.3) is 0 Å². The minimum atomic E-state index is -0.706. The monoisotopic (exact) mass is 94.1 g/mol. The van der Waals surface area contributed by atoms with Crippen LogP contribution >= 0.6 is 0 Å². The molecule has 0 aromatic heterocycles. The van der Waals surface area contributed by atoms with Crippen LogP contribution in [0.3, 0.4) is 0 Å². The zero-order chi connectivity index (χ0) is 5.86. The summed E-state index contributed by atoms with van der Waals surface area (Å²) in [7, 11) is 0. The second-order valence-electron chi connectivity index (χ2n) is 1.65. The zero-order valence-electron chi connectivity index (χ0n) is 4.64. The Kier molecular flexibility index (Phi) is 3.15. The first-order valence-corrected chi connectivity index (χ1v) is 2.41. The third-order valence-corrected chi connectivity index (χ3v) is 1.03. The van der Waals surface area contributed by atoms with E-state index in [-0.39, 0.29) is 4.59 Å². The first-order valence-electron chi connectivity index (χ1n) is 2.41. The van der Waals surface area contributed by atoms with Gasteiger partial charge in [0.05, 0.1) is 0 Å². The molecule has 0 saturated carbocycles. The van der Waals surface area contributed by atoms with Gasteiger partial charge in [-0.1, -0.05) is 0 Å². The van der Waals surface area contributed by atoms with Gasteiger partial charge >= 0.3 is 51.5 Å². The molecule has 0 aliphatic rings. The van der Waals surface area contributed by atoms with E-state index in [1.54, 1.807) is 17.7 Å². The zero-order valence-corrected chi connectivity index (χ0v) is 4.64. The van der Waals surface area contributed by atoms with Crippen molar-refractivity contribution in [2.24, 2.45) is 0 Å². The van der Waals surface area contributed by atoms with Crippen molar-refractivity contribution in [3.05, 3.63) is 0 Å². The predicted molar refractivity (Wildman–Crippen MR) is 27.4 cm³/mol. The third-order valence-electron chi connectivity index (χ3n) is 1.03. The second-order valence-corrected chi connectivity index (χ2v) is 1.65. The van der Waals surface area contributed by atoms with Gasteiger partial charge in [-0.05, 0) is 0 Å². The van der Waals surface area contributed by atoms with Crippen LogP contribution in [0.15, 0.2) is 0 Å². The molecule has 0 heterocycles. The van der Waals surface area contributed by atoms with Crippen molar-refractivity contribution >= 4 is 23.7 Å². The molecule has 1 atom stereocenters. The molecule has 0 aliphatic carbocycles. The molecule has 2 nitrogen and oxygen atoms in total. The Bertz CT molecular complexity index is 72.1. The molecule has 0 bridgehead atoms. The minimum absolute atomic E-state index is 0.181. The van der Waals surface area contributed by atoms with Gasteiger partial charge in [0, 0.05) is 0 Å². The number of carboxylic acid groups (broad SMARTS) is 1. The van der Waals surface area contributed by atoms with Gasteiger partial charge < -0.3 is 0 Å². The maximum atomic E-state index is 9.93. The average molecular weight is 94.0 g/mol. The molecule has 1 N–H and O–H groups in total. The molecule has 0 amide bonds. The molecule has 0 spiro atoms. The Labute approximate surface area is 52.1 Å².